The van der Waals surface area contributed by atoms with Gasteiger partial charge in [0.2, 0.25) is 0 Å². The molecule has 0 radical (unpaired) electrons. The molecule has 0 fully saturated rings. The Hall–Kier alpha value is -3.39. The van der Waals surface area contributed by atoms with E-state index in [0.29, 0.717) is 5.69 Å². The van der Waals surface area contributed by atoms with Crippen LogP contribution >= 0.6 is 12.2 Å². The van der Waals surface area contributed by atoms with Gasteiger partial charge in [0, 0.05) is 28.8 Å². The van der Waals surface area contributed by atoms with Gasteiger partial charge in [0.25, 0.3) is 11.6 Å². The molecule has 0 saturated heterocycles. The number of carbonyl (C=O) groups excluding carboxylic acids is 1. The number of hydrogen-bond donors (Lipinski definition) is 2. The summed E-state index contributed by atoms with van der Waals surface area (Å²) in [5.74, 6) is -0.532. The number of nitrogens with one attached hydrogen (secondary N) is 2. The Morgan fingerprint density at radius 3 is 2.69 bits per heavy atom. The standard InChI is InChI=1S/C18H14N4O3S/c1-11-8-9-12-4-3-7-15(16(12)19-11)20-18(26)21-17(23)13-5-2-6-14(10-13)22(24)25/h2-10H,1H3,(H2,20,21,23,26). The SMILES string of the molecule is Cc1ccc2cccc(NC(=S)NC(=O)c3cccc([N+](=O)[O-])c3)c2n1. The van der Waals surface area contributed by atoms with Crippen molar-refractivity contribution < 1.29 is 9.72 Å². The first kappa shape index (κ1) is 17.4. The number of nitro groups is 1. The lowest BCUT2D eigenvalue weighted by molar-refractivity contribution is -0.384. The number of non-ortho nitro benzene ring substituents is 1. The number of nitrogens with zero attached hydrogens (tertiary/aromatic N) is 2. The molecule has 0 aliphatic heterocycles. The third-order valence-electron chi connectivity index (χ3n) is 3.65. The summed E-state index contributed by atoms with van der Waals surface area (Å²) < 4.78 is 0. The molecule has 1 amide bonds. The number of aryl methyl sites for hydroxylation is 1. The van der Waals surface area contributed by atoms with Crippen LogP contribution in [0.2, 0.25) is 0 Å². The number of para-hydroxylation sites is 1. The van der Waals surface area contributed by atoms with E-state index in [1.54, 1.807) is 6.07 Å². The second kappa shape index (κ2) is 7.24. The van der Waals surface area contributed by atoms with Gasteiger partial charge in [-0.05, 0) is 37.3 Å². The van der Waals surface area contributed by atoms with Crippen LogP contribution in [0.5, 0.6) is 0 Å². The van der Waals surface area contributed by atoms with Gasteiger partial charge in [-0.25, -0.2) is 0 Å². The van der Waals surface area contributed by atoms with Crippen molar-refractivity contribution >= 4 is 45.5 Å². The summed E-state index contributed by atoms with van der Waals surface area (Å²) in [4.78, 5) is 27.0. The molecule has 7 nitrogen and oxygen atoms in total. The molecule has 0 aliphatic rings. The van der Waals surface area contributed by atoms with Gasteiger partial charge in [-0.3, -0.25) is 25.2 Å². The number of pyridine rings is 1. The Kier molecular flexibility index (Phi) is 4.85. The Morgan fingerprint density at radius 2 is 1.92 bits per heavy atom. The number of hydrogen-bond acceptors (Lipinski definition) is 5. The van der Waals surface area contributed by atoms with Crippen LogP contribution in [0.3, 0.4) is 0 Å². The molecule has 2 N–H and O–H groups in total. The van der Waals surface area contributed by atoms with Crippen LogP contribution in [-0.2, 0) is 0 Å². The smallest absolute Gasteiger partial charge is 0.270 e. The molecule has 8 heteroatoms. The number of fused-ring (bicyclic) bond motifs is 1. The van der Waals surface area contributed by atoms with Crippen molar-refractivity contribution in [2.24, 2.45) is 0 Å². The highest BCUT2D eigenvalue weighted by atomic mass is 32.1. The zero-order valence-corrected chi connectivity index (χ0v) is 14.5. The van der Waals surface area contributed by atoms with Gasteiger partial charge in [0.15, 0.2) is 5.11 Å². The fourth-order valence-corrected chi connectivity index (χ4v) is 2.64. The molecule has 1 heterocycles. The highest BCUT2D eigenvalue weighted by Crippen LogP contribution is 2.21. The first-order valence-electron chi connectivity index (χ1n) is 7.67. The van der Waals surface area contributed by atoms with Crippen molar-refractivity contribution in [1.29, 1.82) is 0 Å². The molecule has 3 rings (SSSR count). The van der Waals surface area contributed by atoms with Crippen LogP contribution in [0.4, 0.5) is 11.4 Å². The number of aromatic nitrogens is 1. The lowest BCUT2D eigenvalue weighted by Crippen LogP contribution is -2.34. The van der Waals surface area contributed by atoms with E-state index in [1.807, 2.05) is 31.2 Å². The Bertz CT molecular complexity index is 1040. The maximum absolute atomic E-state index is 12.3. The van der Waals surface area contributed by atoms with Gasteiger partial charge in [-0.2, -0.15) is 0 Å². The van der Waals surface area contributed by atoms with E-state index in [1.165, 1.54) is 24.3 Å². The molecule has 0 unspecified atom stereocenters. The Morgan fingerprint density at radius 1 is 1.15 bits per heavy atom. The average molecular weight is 366 g/mol. The predicted octanol–water partition coefficient (Wildman–Crippen LogP) is 3.58. The molecule has 0 saturated carbocycles. The summed E-state index contributed by atoms with van der Waals surface area (Å²) in [5, 5.41) is 17.3. The number of nitro benzene ring substituents is 1. The van der Waals surface area contributed by atoms with Crippen LogP contribution < -0.4 is 10.6 Å². The lowest BCUT2D eigenvalue weighted by Gasteiger charge is -2.11. The fourth-order valence-electron chi connectivity index (χ4n) is 2.44. The lowest BCUT2D eigenvalue weighted by atomic mass is 10.1. The molecular formula is C18H14N4O3S. The maximum atomic E-state index is 12.3. The second-order valence-corrected chi connectivity index (χ2v) is 5.95. The summed E-state index contributed by atoms with van der Waals surface area (Å²) in [7, 11) is 0. The minimum atomic E-state index is -0.558. The van der Waals surface area contributed by atoms with E-state index in [0.717, 1.165) is 16.6 Å². The minimum absolute atomic E-state index is 0.0808. The van der Waals surface area contributed by atoms with Gasteiger partial charge in [-0.1, -0.05) is 24.3 Å². The molecule has 3 aromatic rings. The predicted molar refractivity (Wildman–Crippen MR) is 103 cm³/mol. The normalized spacial score (nSPS) is 10.3. The minimum Gasteiger partial charge on any atom is -0.331 e. The molecule has 0 aliphatic carbocycles. The first-order chi connectivity index (χ1) is 12.4. The van der Waals surface area contributed by atoms with Crippen molar-refractivity contribution in [3.63, 3.8) is 0 Å². The van der Waals surface area contributed by atoms with Gasteiger partial charge in [0.05, 0.1) is 16.1 Å². The summed E-state index contributed by atoms with van der Waals surface area (Å²) >= 11 is 5.19. The van der Waals surface area contributed by atoms with Crippen LogP contribution in [0.25, 0.3) is 10.9 Å². The van der Waals surface area contributed by atoms with Gasteiger partial charge >= 0.3 is 0 Å². The van der Waals surface area contributed by atoms with Gasteiger partial charge in [0.1, 0.15) is 0 Å². The van der Waals surface area contributed by atoms with E-state index < -0.39 is 10.8 Å². The van der Waals surface area contributed by atoms with Crippen LogP contribution in [0, 0.1) is 17.0 Å². The van der Waals surface area contributed by atoms with Gasteiger partial charge in [-0.15, -0.1) is 0 Å². The van der Waals surface area contributed by atoms with Crippen molar-refractivity contribution in [3.8, 4) is 0 Å². The number of anilines is 1. The summed E-state index contributed by atoms with van der Waals surface area (Å²) in [6.45, 7) is 1.89. The highest BCUT2D eigenvalue weighted by molar-refractivity contribution is 7.80. The fraction of sp³-hybridized carbons (Fsp3) is 0.0556. The van der Waals surface area contributed by atoms with E-state index >= 15 is 0 Å². The number of carbonyl (C=O) groups is 1. The number of benzene rings is 2. The molecule has 0 atom stereocenters. The molecule has 0 spiro atoms. The molecule has 130 valence electrons. The monoisotopic (exact) mass is 366 g/mol. The molecule has 1 aromatic heterocycles. The Labute approximate surface area is 154 Å². The van der Waals surface area contributed by atoms with Crippen molar-refractivity contribution in [2.45, 2.75) is 6.92 Å². The van der Waals surface area contributed by atoms with Crippen LogP contribution in [-0.4, -0.2) is 20.9 Å². The van der Waals surface area contributed by atoms with Crippen molar-refractivity contribution in [3.05, 3.63) is 76.0 Å². The summed E-state index contributed by atoms with van der Waals surface area (Å²) in [5.41, 5.74) is 2.24. The number of amides is 1. The highest BCUT2D eigenvalue weighted by Gasteiger charge is 2.13. The Balaban J connectivity index is 1.77. The largest absolute Gasteiger partial charge is 0.331 e. The van der Waals surface area contributed by atoms with Crippen LogP contribution in [0.15, 0.2) is 54.6 Å². The van der Waals surface area contributed by atoms with E-state index in [9.17, 15) is 14.9 Å². The third-order valence-corrected chi connectivity index (χ3v) is 3.86. The topological polar surface area (TPSA) is 97.2 Å². The maximum Gasteiger partial charge on any atom is 0.270 e. The van der Waals surface area contributed by atoms with Crippen molar-refractivity contribution in [1.82, 2.24) is 10.3 Å². The summed E-state index contributed by atoms with van der Waals surface area (Å²) in [6, 6.07) is 14.9. The third kappa shape index (κ3) is 3.81. The van der Waals surface area contributed by atoms with Crippen LogP contribution in [0.1, 0.15) is 16.1 Å². The van der Waals surface area contributed by atoms with E-state index in [2.05, 4.69) is 15.6 Å². The average Bonchev–Trinajstić information content (AvgIpc) is 2.62. The zero-order chi connectivity index (χ0) is 18.7. The molecular weight excluding hydrogens is 352 g/mol. The van der Waals surface area contributed by atoms with Gasteiger partial charge < -0.3 is 5.32 Å². The summed E-state index contributed by atoms with van der Waals surface area (Å²) in [6.07, 6.45) is 0. The number of rotatable bonds is 3. The van der Waals surface area contributed by atoms with Crippen molar-refractivity contribution in [2.75, 3.05) is 5.32 Å². The second-order valence-electron chi connectivity index (χ2n) is 5.55. The quantitative estimate of drug-likeness (QED) is 0.418. The molecule has 2 aromatic carbocycles. The van der Waals surface area contributed by atoms with E-state index in [4.69, 9.17) is 12.2 Å². The first-order valence-corrected chi connectivity index (χ1v) is 8.08. The van der Waals surface area contributed by atoms with E-state index in [-0.39, 0.29) is 16.4 Å². The zero-order valence-electron chi connectivity index (χ0n) is 13.7. The molecule has 26 heavy (non-hydrogen) atoms. The number of thiocarbonyl (C=S) groups is 1. The molecule has 0 bridgehead atoms.